The summed E-state index contributed by atoms with van der Waals surface area (Å²) in [7, 11) is 0. The topological polar surface area (TPSA) is 49.0 Å². The van der Waals surface area contributed by atoms with Crippen molar-refractivity contribution in [2.24, 2.45) is 11.8 Å². The van der Waals surface area contributed by atoms with Gasteiger partial charge in [-0.15, -0.1) is 11.3 Å². The van der Waals surface area contributed by atoms with Crippen molar-refractivity contribution < 1.29 is 0 Å². The van der Waals surface area contributed by atoms with Gasteiger partial charge in [0.15, 0.2) is 0 Å². The first-order valence-electron chi connectivity index (χ1n) is 8.36. The molecule has 4 rings (SSSR count). The molecule has 1 fully saturated rings. The highest BCUT2D eigenvalue weighted by Gasteiger charge is 2.24. The molecule has 5 heteroatoms. The first-order valence-corrected chi connectivity index (χ1v) is 9.17. The lowest BCUT2D eigenvalue weighted by molar-refractivity contribution is 0.131. The maximum Gasteiger partial charge on any atom is 0.259 e. The molecule has 1 N–H and O–H groups in total. The Balaban J connectivity index is 1.64. The summed E-state index contributed by atoms with van der Waals surface area (Å²) in [5.74, 6) is 2.29. The maximum absolute atomic E-state index is 12.5. The Labute approximate surface area is 134 Å². The van der Waals surface area contributed by atoms with Crippen LogP contribution in [-0.2, 0) is 19.4 Å². The maximum atomic E-state index is 12.5. The number of H-pyrrole nitrogens is 1. The fraction of sp³-hybridized carbons (Fsp3) is 0.647. The fourth-order valence-electron chi connectivity index (χ4n) is 4.25. The van der Waals surface area contributed by atoms with E-state index in [1.54, 1.807) is 11.3 Å². The lowest BCUT2D eigenvalue weighted by Crippen LogP contribution is -2.38. The van der Waals surface area contributed by atoms with Crippen molar-refractivity contribution in [2.75, 3.05) is 13.1 Å². The molecule has 0 spiro atoms. The molecule has 22 heavy (non-hydrogen) atoms. The van der Waals surface area contributed by atoms with Crippen LogP contribution in [0.2, 0.25) is 0 Å². The second kappa shape index (κ2) is 5.46. The van der Waals surface area contributed by atoms with E-state index in [2.05, 4.69) is 23.7 Å². The lowest BCUT2D eigenvalue weighted by atomic mass is 9.92. The molecule has 0 radical (unpaired) electrons. The first-order chi connectivity index (χ1) is 10.6. The Bertz CT molecular complexity index is 753. The fourth-order valence-corrected chi connectivity index (χ4v) is 5.54. The summed E-state index contributed by atoms with van der Waals surface area (Å²) in [6, 6.07) is 0. The molecule has 1 aliphatic heterocycles. The number of aromatic amines is 1. The summed E-state index contributed by atoms with van der Waals surface area (Å²) in [4.78, 5) is 25.1. The highest BCUT2D eigenvalue weighted by atomic mass is 32.1. The zero-order chi connectivity index (χ0) is 15.3. The predicted octanol–water partition coefficient (Wildman–Crippen LogP) is 2.95. The van der Waals surface area contributed by atoms with Crippen LogP contribution in [0.4, 0.5) is 0 Å². The normalized spacial score (nSPS) is 25.7. The van der Waals surface area contributed by atoms with E-state index in [0.717, 1.165) is 60.4 Å². The monoisotopic (exact) mass is 317 g/mol. The number of nitrogens with zero attached hydrogens (tertiary/aromatic N) is 2. The molecule has 2 aromatic heterocycles. The third-order valence-corrected chi connectivity index (χ3v) is 6.13. The van der Waals surface area contributed by atoms with Gasteiger partial charge in [0, 0.05) is 18.0 Å². The van der Waals surface area contributed by atoms with Crippen LogP contribution < -0.4 is 5.56 Å². The van der Waals surface area contributed by atoms with Gasteiger partial charge in [-0.1, -0.05) is 13.8 Å². The van der Waals surface area contributed by atoms with E-state index in [4.69, 9.17) is 4.98 Å². The molecule has 0 amide bonds. The second-order valence-corrected chi connectivity index (χ2v) is 8.27. The second-order valence-electron chi connectivity index (χ2n) is 7.19. The molecule has 2 atom stereocenters. The van der Waals surface area contributed by atoms with E-state index in [0.29, 0.717) is 0 Å². The zero-order valence-corrected chi connectivity index (χ0v) is 14.1. The molecule has 0 bridgehead atoms. The molecular weight excluding hydrogens is 294 g/mol. The molecule has 2 unspecified atom stereocenters. The molecule has 3 heterocycles. The number of fused-ring (bicyclic) bond motifs is 3. The number of thiophene rings is 1. The molecule has 1 saturated heterocycles. The van der Waals surface area contributed by atoms with E-state index < -0.39 is 0 Å². The summed E-state index contributed by atoms with van der Waals surface area (Å²) in [6.45, 7) is 7.60. The van der Waals surface area contributed by atoms with Crippen LogP contribution in [0.1, 0.15) is 43.0 Å². The first kappa shape index (κ1) is 14.4. The Morgan fingerprint density at radius 3 is 2.82 bits per heavy atom. The number of nitrogens with one attached hydrogen (secondary N) is 1. The Morgan fingerprint density at radius 2 is 2.05 bits per heavy atom. The van der Waals surface area contributed by atoms with Gasteiger partial charge in [0.05, 0.1) is 11.9 Å². The minimum atomic E-state index is 0.0671. The highest BCUT2D eigenvalue weighted by Crippen LogP contribution is 2.34. The SMILES string of the molecule is CC1CC(C)CN(Cc2nc3sc4c(c3c(=O)[nH]2)CCC4)C1. The number of hydrogen-bond acceptors (Lipinski definition) is 4. The van der Waals surface area contributed by atoms with Gasteiger partial charge in [0.25, 0.3) is 5.56 Å². The third kappa shape index (κ3) is 2.50. The third-order valence-electron chi connectivity index (χ3n) is 4.94. The van der Waals surface area contributed by atoms with Crippen LogP contribution in [0.15, 0.2) is 4.79 Å². The smallest absolute Gasteiger partial charge is 0.259 e. The number of piperidine rings is 1. The number of hydrogen-bond donors (Lipinski definition) is 1. The van der Waals surface area contributed by atoms with Gasteiger partial charge in [-0.2, -0.15) is 0 Å². The minimum absolute atomic E-state index is 0.0671. The van der Waals surface area contributed by atoms with Crippen molar-refractivity contribution in [1.82, 2.24) is 14.9 Å². The van der Waals surface area contributed by atoms with Crippen molar-refractivity contribution in [2.45, 2.75) is 46.1 Å². The standard InChI is InChI=1S/C17H23N3OS/c1-10-6-11(2)8-20(7-10)9-14-18-16(21)15-12-4-3-5-13(12)22-17(15)19-14/h10-11H,3-9H2,1-2H3,(H,18,19,21). The number of aromatic nitrogens is 2. The van der Waals surface area contributed by atoms with Gasteiger partial charge in [0.2, 0.25) is 0 Å². The van der Waals surface area contributed by atoms with Gasteiger partial charge in [0.1, 0.15) is 10.7 Å². The average molecular weight is 317 g/mol. The molecule has 2 aromatic rings. The molecule has 1 aliphatic carbocycles. The van der Waals surface area contributed by atoms with Gasteiger partial charge < -0.3 is 4.98 Å². The van der Waals surface area contributed by atoms with Crippen molar-refractivity contribution in [3.63, 3.8) is 0 Å². The van der Waals surface area contributed by atoms with Crippen molar-refractivity contribution in [3.8, 4) is 0 Å². The van der Waals surface area contributed by atoms with E-state index >= 15 is 0 Å². The molecule has 0 aromatic carbocycles. The van der Waals surface area contributed by atoms with Gasteiger partial charge in [-0.05, 0) is 43.1 Å². The van der Waals surface area contributed by atoms with E-state index in [9.17, 15) is 4.79 Å². The van der Waals surface area contributed by atoms with Crippen LogP contribution in [0.25, 0.3) is 10.2 Å². The van der Waals surface area contributed by atoms with Crippen molar-refractivity contribution >= 4 is 21.6 Å². The summed E-state index contributed by atoms with van der Waals surface area (Å²) >= 11 is 1.73. The van der Waals surface area contributed by atoms with Crippen molar-refractivity contribution in [1.29, 1.82) is 0 Å². The molecule has 4 nitrogen and oxygen atoms in total. The van der Waals surface area contributed by atoms with E-state index in [-0.39, 0.29) is 5.56 Å². The summed E-state index contributed by atoms with van der Waals surface area (Å²) in [5.41, 5.74) is 1.33. The van der Waals surface area contributed by atoms with Gasteiger partial charge in [-0.3, -0.25) is 9.69 Å². The van der Waals surface area contributed by atoms with Gasteiger partial charge >= 0.3 is 0 Å². The Morgan fingerprint density at radius 1 is 1.27 bits per heavy atom. The number of likely N-dealkylation sites (tertiary alicyclic amines) is 1. The quantitative estimate of drug-likeness (QED) is 0.926. The molecule has 118 valence electrons. The van der Waals surface area contributed by atoms with Crippen LogP contribution in [-0.4, -0.2) is 28.0 Å². The highest BCUT2D eigenvalue weighted by molar-refractivity contribution is 7.18. The van der Waals surface area contributed by atoms with Crippen LogP contribution in [0.3, 0.4) is 0 Å². The van der Waals surface area contributed by atoms with Crippen LogP contribution in [0.5, 0.6) is 0 Å². The lowest BCUT2D eigenvalue weighted by Gasteiger charge is -2.34. The summed E-state index contributed by atoms with van der Waals surface area (Å²) in [5, 5.41) is 0.863. The average Bonchev–Trinajstić information content (AvgIpc) is 2.96. The van der Waals surface area contributed by atoms with Crippen LogP contribution in [0, 0.1) is 11.8 Å². The summed E-state index contributed by atoms with van der Waals surface area (Å²) in [6.07, 6.45) is 4.64. The Hall–Kier alpha value is -1.20. The molecule has 0 saturated carbocycles. The van der Waals surface area contributed by atoms with Crippen LogP contribution >= 0.6 is 11.3 Å². The van der Waals surface area contributed by atoms with Crippen molar-refractivity contribution in [3.05, 3.63) is 26.6 Å². The number of rotatable bonds is 2. The van der Waals surface area contributed by atoms with Gasteiger partial charge in [-0.25, -0.2) is 4.98 Å². The number of aryl methyl sites for hydroxylation is 2. The molecular formula is C17H23N3OS. The van der Waals surface area contributed by atoms with E-state index in [1.165, 1.54) is 23.3 Å². The molecule has 2 aliphatic rings. The Kier molecular flexibility index (Phi) is 3.57. The summed E-state index contributed by atoms with van der Waals surface area (Å²) < 4.78 is 0. The minimum Gasteiger partial charge on any atom is -0.309 e. The largest absolute Gasteiger partial charge is 0.309 e. The van der Waals surface area contributed by atoms with E-state index in [1.807, 2.05) is 0 Å². The predicted molar refractivity (Wildman–Crippen MR) is 90.5 cm³/mol. The zero-order valence-electron chi connectivity index (χ0n) is 13.3.